The molecule has 1 aromatic carbocycles. The van der Waals surface area contributed by atoms with Crippen molar-refractivity contribution < 1.29 is 9.59 Å². The second-order valence-corrected chi connectivity index (χ2v) is 4.81. The molecule has 0 bridgehead atoms. The molecule has 2 rings (SSSR count). The van der Waals surface area contributed by atoms with E-state index in [1.807, 2.05) is 24.3 Å². The largest absolute Gasteiger partial charge is 0.357 e. The van der Waals surface area contributed by atoms with E-state index >= 15 is 0 Å². The summed E-state index contributed by atoms with van der Waals surface area (Å²) in [6, 6.07) is 10.7. The lowest BCUT2D eigenvalue weighted by Gasteiger charge is -2.06. The van der Waals surface area contributed by atoms with Crippen molar-refractivity contribution in [2.45, 2.75) is 6.42 Å². The number of carbonyl (C=O) groups excluding carboxylic acids is 2. The van der Waals surface area contributed by atoms with Gasteiger partial charge in [0.15, 0.2) is 0 Å². The summed E-state index contributed by atoms with van der Waals surface area (Å²) < 4.78 is 0.955. The Hall–Kier alpha value is -2.08. The Labute approximate surface area is 118 Å². The number of aromatic amines is 1. The summed E-state index contributed by atoms with van der Waals surface area (Å²) >= 11 is 3.32. The van der Waals surface area contributed by atoms with E-state index in [1.165, 1.54) is 0 Å². The Morgan fingerprint density at radius 3 is 2.47 bits per heavy atom. The summed E-state index contributed by atoms with van der Waals surface area (Å²) in [4.78, 5) is 25.9. The number of hydrogen-bond donors (Lipinski definition) is 3. The number of amides is 2. The third-order valence-corrected chi connectivity index (χ3v) is 2.96. The number of hydrogen-bond acceptors (Lipinski definition) is 2. The van der Waals surface area contributed by atoms with Gasteiger partial charge in [-0.2, -0.15) is 0 Å². The Kier molecular flexibility index (Phi) is 4.35. The predicted octanol–water partition coefficient (Wildman–Crippen LogP) is 1.78. The molecular weight excluding hydrogens is 310 g/mol. The zero-order valence-corrected chi connectivity index (χ0v) is 11.5. The van der Waals surface area contributed by atoms with Crippen LogP contribution in [0.4, 0.5) is 0 Å². The predicted molar refractivity (Wildman–Crippen MR) is 74.2 cm³/mol. The summed E-state index contributed by atoms with van der Waals surface area (Å²) in [5.74, 6) is -0.656. The molecular formula is C13H12BrN3O2. The van der Waals surface area contributed by atoms with E-state index in [9.17, 15) is 9.59 Å². The molecule has 0 fully saturated rings. The average Bonchev–Trinajstić information content (AvgIpc) is 2.93. The molecule has 0 saturated carbocycles. The second kappa shape index (κ2) is 6.19. The number of carbonyl (C=O) groups is 2. The molecule has 0 spiro atoms. The number of halogens is 1. The van der Waals surface area contributed by atoms with Gasteiger partial charge in [-0.3, -0.25) is 20.4 Å². The SMILES string of the molecule is O=C(Cc1ccc(Br)cc1)NNC(=O)c1ccc[nH]1. The first-order chi connectivity index (χ1) is 9.15. The second-order valence-electron chi connectivity index (χ2n) is 3.89. The fourth-order valence-corrected chi connectivity index (χ4v) is 1.76. The fraction of sp³-hybridized carbons (Fsp3) is 0.0769. The van der Waals surface area contributed by atoms with Gasteiger partial charge < -0.3 is 4.98 Å². The quantitative estimate of drug-likeness (QED) is 0.754. The lowest BCUT2D eigenvalue weighted by molar-refractivity contribution is -0.121. The van der Waals surface area contributed by atoms with Gasteiger partial charge in [-0.05, 0) is 29.8 Å². The zero-order valence-electron chi connectivity index (χ0n) is 9.94. The minimum atomic E-state index is -0.380. The lowest BCUT2D eigenvalue weighted by atomic mass is 10.1. The van der Waals surface area contributed by atoms with E-state index in [1.54, 1.807) is 18.3 Å². The highest BCUT2D eigenvalue weighted by Gasteiger charge is 2.08. The van der Waals surface area contributed by atoms with E-state index in [4.69, 9.17) is 0 Å². The van der Waals surface area contributed by atoms with Gasteiger partial charge in [-0.25, -0.2) is 0 Å². The van der Waals surface area contributed by atoms with Crippen LogP contribution in [0.25, 0.3) is 0 Å². The first kappa shape index (κ1) is 13.4. The van der Waals surface area contributed by atoms with Crippen LogP contribution < -0.4 is 10.9 Å². The highest BCUT2D eigenvalue weighted by atomic mass is 79.9. The molecule has 1 aromatic heterocycles. The van der Waals surface area contributed by atoms with Crippen LogP contribution in [0.3, 0.4) is 0 Å². The number of nitrogens with one attached hydrogen (secondary N) is 3. The fourth-order valence-electron chi connectivity index (χ4n) is 1.50. The van der Waals surface area contributed by atoms with E-state index in [2.05, 4.69) is 31.8 Å². The molecule has 0 aliphatic rings. The van der Waals surface area contributed by atoms with Crippen molar-refractivity contribution >= 4 is 27.7 Å². The van der Waals surface area contributed by atoms with Crippen molar-refractivity contribution in [3.05, 3.63) is 58.3 Å². The van der Waals surface area contributed by atoms with Crippen molar-refractivity contribution in [3.8, 4) is 0 Å². The van der Waals surface area contributed by atoms with Crippen LogP contribution in [0, 0.1) is 0 Å². The molecule has 0 aliphatic heterocycles. The third kappa shape index (κ3) is 3.96. The Morgan fingerprint density at radius 1 is 1.11 bits per heavy atom. The van der Waals surface area contributed by atoms with Gasteiger partial charge in [0.2, 0.25) is 5.91 Å². The van der Waals surface area contributed by atoms with Crippen LogP contribution in [0.1, 0.15) is 16.1 Å². The van der Waals surface area contributed by atoms with Gasteiger partial charge >= 0.3 is 0 Å². The lowest BCUT2D eigenvalue weighted by Crippen LogP contribution is -2.42. The van der Waals surface area contributed by atoms with Crippen molar-refractivity contribution in [2.24, 2.45) is 0 Å². The van der Waals surface area contributed by atoms with Gasteiger partial charge in [-0.15, -0.1) is 0 Å². The molecule has 2 amide bonds. The zero-order chi connectivity index (χ0) is 13.7. The first-order valence-corrected chi connectivity index (χ1v) is 6.41. The molecule has 1 heterocycles. The Bertz CT molecular complexity index is 564. The van der Waals surface area contributed by atoms with Gasteiger partial charge in [0.1, 0.15) is 5.69 Å². The van der Waals surface area contributed by atoms with Crippen molar-refractivity contribution in [3.63, 3.8) is 0 Å². The standard InChI is InChI=1S/C13H12BrN3O2/c14-10-5-3-9(4-6-10)8-12(18)16-17-13(19)11-2-1-7-15-11/h1-7,15H,8H2,(H,16,18)(H,17,19). The summed E-state index contributed by atoms with van der Waals surface area (Å²) in [5.41, 5.74) is 5.96. The van der Waals surface area contributed by atoms with Crippen LogP contribution >= 0.6 is 15.9 Å². The van der Waals surface area contributed by atoms with Crippen LogP contribution in [0.15, 0.2) is 47.1 Å². The number of benzene rings is 1. The topological polar surface area (TPSA) is 74.0 Å². The molecule has 5 nitrogen and oxygen atoms in total. The third-order valence-electron chi connectivity index (χ3n) is 2.44. The van der Waals surface area contributed by atoms with Gasteiger partial charge in [0.25, 0.3) is 5.91 Å². The molecule has 19 heavy (non-hydrogen) atoms. The Balaban J connectivity index is 1.82. The minimum Gasteiger partial charge on any atom is -0.357 e. The molecule has 6 heteroatoms. The minimum absolute atomic E-state index is 0.207. The Morgan fingerprint density at radius 2 is 1.84 bits per heavy atom. The summed E-state index contributed by atoms with van der Waals surface area (Å²) in [6.45, 7) is 0. The van der Waals surface area contributed by atoms with Gasteiger partial charge in [-0.1, -0.05) is 28.1 Å². The maximum Gasteiger partial charge on any atom is 0.286 e. The molecule has 3 N–H and O–H groups in total. The van der Waals surface area contributed by atoms with E-state index in [-0.39, 0.29) is 18.2 Å². The smallest absolute Gasteiger partial charge is 0.286 e. The van der Waals surface area contributed by atoms with E-state index < -0.39 is 0 Å². The van der Waals surface area contributed by atoms with Crippen molar-refractivity contribution in [2.75, 3.05) is 0 Å². The first-order valence-electron chi connectivity index (χ1n) is 5.62. The molecule has 0 saturated heterocycles. The molecule has 2 aromatic rings. The van der Waals surface area contributed by atoms with Crippen molar-refractivity contribution in [1.82, 2.24) is 15.8 Å². The number of rotatable bonds is 3. The molecule has 0 radical (unpaired) electrons. The van der Waals surface area contributed by atoms with Crippen LogP contribution in [0.2, 0.25) is 0 Å². The van der Waals surface area contributed by atoms with E-state index in [0.29, 0.717) is 5.69 Å². The molecule has 98 valence electrons. The van der Waals surface area contributed by atoms with Crippen LogP contribution in [-0.4, -0.2) is 16.8 Å². The van der Waals surface area contributed by atoms with Gasteiger partial charge in [0, 0.05) is 10.7 Å². The van der Waals surface area contributed by atoms with E-state index in [0.717, 1.165) is 10.0 Å². The number of H-pyrrole nitrogens is 1. The number of hydrazine groups is 1. The highest BCUT2D eigenvalue weighted by molar-refractivity contribution is 9.10. The molecule has 0 aliphatic carbocycles. The van der Waals surface area contributed by atoms with Crippen molar-refractivity contribution in [1.29, 1.82) is 0 Å². The number of aromatic nitrogens is 1. The summed E-state index contributed by atoms with van der Waals surface area (Å²) in [6.07, 6.45) is 1.84. The normalized spacial score (nSPS) is 9.95. The molecule has 0 unspecified atom stereocenters. The van der Waals surface area contributed by atoms with Crippen LogP contribution in [-0.2, 0) is 11.2 Å². The maximum atomic E-state index is 11.6. The summed E-state index contributed by atoms with van der Waals surface area (Å²) in [7, 11) is 0. The maximum absolute atomic E-state index is 11.6. The monoisotopic (exact) mass is 321 g/mol. The van der Waals surface area contributed by atoms with Crippen LogP contribution in [0.5, 0.6) is 0 Å². The highest BCUT2D eigenvalue weighted by Crippen LogP contribution is 2.10. The summed E-state index contributed by atoms with van der Waals surface area (Å²) in [5, 5.41) is 0. The average molecular weight is 322 g/mol. The van der Waals surface area contributed by atoms with Gasteiger partial charge in [0.05, 0.1) is 6.42 Å². The molecule has 0 atom stereocenters.